The van der Waals surface area contributed by atoms with Crippen LogP contribution in [0.3, 0.4) is 0 Å². The molecule has 0 atom stereocenters. The van der Waals surface area contributed by atoms with Crippen molar-refractivity contribution in [3.05, 3.63) is 46.5 Å². The van der Waals surface area contributed by atoms with Crippen molar-refractivity contribution in [2.45, 2.75) is 40.8 Å². The number of amides is 1. The second-order valence-electron chi connectivity index (χ2n) is 5.20. The summed E-state index contributed by atoms with van der Waals surface area (Å²) in [5.41, 5.74) is 3.09. The summed E-state index contributed by atoms with van der Waals surface area (Å²) < 4.78 is 21.0. The molecule has 1 heterocycles. The van der Waals surface area contributed by atoms with Crippen molar-refractivity contribution >= 4 is 5.91 Å². The molecule has 2 rings (SSSR count). The molecular weight excluding hydrogens is 297 g/mol. The predicted octanol–water partition coefficient (Wildman–Crippen LogP) is 2.99. The van der Waals surface area contributed by atoms with Crippen LogP contribution >= 0.6 is 0 Å². The average molecular weight is 319 g/mol. The summed E-state index contributed by atoms with van der Waals surface area (Å²) in [7, 11) is 0. The van der Waals surface area contributed by atoms with Gasteiger partial charge in [-0.1, -0.05) is 6.07 Å². The number of rotatable bonds is 6. The highest BCUT2D eigenvalue weighted by atomic mass is 19.1. The molecule has 5 nitrogen and oxygen atoms in total. The van der Waals surface area contributed by atoms with Gasteiger partial charge in [0.25, 0.3) is 5.91 Å². The number of para-hydroxylation sites is 1. The zero-order valence-corrected chi connectivity index (χ0v) is 13.9. The molecule has 1 aromatic carbocycles. The van der Waals surface area contributed by atoms with Crippen molar-refractivity contribution in [3.8, 4) is 5.75 Å². The molecule has 0 bridgehead atoms. The zero-order valence-electron chi connectivity index (χ0n) is 13.9. The SMILES string of the molecule is CCOc1c(F)cccc1C(=O)NCc1c(C)nn(CC)c1C. The van der Waals surface area contributed by atoms with Gasteiger partial charge in [-0.15, -0.1) is 0 Å². The average Bonchev–Trinajstić information content (AvgIpc) is 2.81. The third-order valence-electron chi connectivity index (χ3n) is 3.76. The normalized spacial score (nSPS) is 10.7. The van der Waals surface area contributed by atoms with E-state index in [0.717, 1.165) is 23.5 Å². The van der Waals surface area contributed by atoms with Gasteiger partial charge in [-0.2, -0.15) is 5.10 Å². The Balaban J connectivity index is 2.18. The lowest BCUT2D eigenvalue weighted by Crippen LogP contribution is -2.24. The van der Waals surface area contributed by atoms with E-state index in [1.807, 2.05) is 25.5 Å². The predicted molar refractivity (Wildman–Crippen MR) is 86.1 cm³/mol. The topological polar surface area (TPSA) is 56.1 Å². The number of aromatic nitrogens is 2. The molecule has 0 spiro atoms. The quantitative estimate of drug-likeness (QED) is 0.890. The molecule has 1 N–H and O–H groups in total. The van der Waals surface area contributed by atoms with Gasteiger partial charge in [0.1, 0.15) is 0 Å². The monoisotopic (exact) mass is 319 g/mol. The van der Waals surface area contributed by atoms with Crippen LogP contribution in [0.15, 0.2) is 18.2 Å². The molecule has 0 fully saturated rings. The largest absolute Gasteiger partial charge is 0.490 e. The second kappa shape index (κ2) is 7.26. The first-order valence-corrected chi connectivity index (χ1v) is 7.71. The zero-order chi connectivity index (χ0) is 17.0. The number of halogens is 1. The van der Waals surface area contributed by atoms with Crippen molar-refractivity contribution in [2.24, 2.45) is 0 Å². The van der Waals surface area contributed by atoms with Gasteiger partial charge in [-0.05, 0) is 39.8 Å². The molecule has 0 unspecified atom stereocenters. The molecule has 0 saturated carbocycles. The van der Waals surface area contributed by atoms with Crippen molar-refractivity contribution in [3.63, 3.8) is 0 Å². The minimum atomic E-state index is -0.536. The Bertz CT molecular complexity index is 710. The molecule has 6 heteroatoms. The third-order valence-corrected chi connectivity index (χ3v) is 3.76. The minimum Gasteiger partial charge on any atom is -0.490 e. The Hall–Kier alpha value is -2.37. The number of carbonyl (C=O) groups is 1. The smallest absolute Gasteiger partial charge is 0.255 e. The maximum atomic E-state index is 13.8. The summed E-state index contributed by atoms with van der Waals surface area (Å²) in [6.45, 7) is 9.07. The first-order valence-electron chi connectivity index (χ1n) is 7.71. The fourth-order valence-corrected chi connectivity index (χ4v) is 2.54. The fourth-order valence-electron chi connectivity index (χ4n) is 2.54. The summed E-state index contributed by atoms with van der Waals surface area (Å²) in [5, 5.41) is 7.24. The van der Waals surface area contributed by atoms with E-state index < -0.39 is 5.82 Å². The number of nitrogens with zero attached hydrogens (tertiary/aromatic N) is 2. The van der Waals surface area contributed by atoms with E-state index in [-0.39, 0.29) is 17.2 Å². The molecule has 0 saturated heterocycles. The Labute approximate surface area is 135 Å². The van der Waals surface area contributed by atoms with Crippen molar-refractivity contribution in [2.75, 3.05) is 6.61 Å². The standard InChI is InChI=1S/C17H22FN3O2/c1-5-21-12(4)14(11(3)20-21)10-19-17(22)13-8-7-9-15(18)16(13)23-6-2/h7-9H,5-6,10H2,1-4H3,(H,19,22). The van der Waals surface area contributed by atoms with E-state index in [2.05, 4.69) is 10.4 Å². The maximum Gasteiger partial charge on any atom is 0.255 e. The number of ether oxygens (including phenoxy) is 1. The van der Waals surface area contributed by atoms with Gasteiger partial charge in [0.05, 0.1) is 17.9 Å². The number of aryl methyl sites for hydroxylation is 2. The Morgan fingerprint density at radius 3 is 2.70 bits per heavy atom. The van der Waals surface area contributed by atoms with Crippen LogP contribution in [0.2, 0.25) is 0 Å². The lowest BCUT2D eigenvalue weighted by molar-refractivity contribution is 0.0946. The number of hydrogen-bond donors (Lipinski definition) is 1. The maximum absolute atomic E-state index is 13.8. The van der Waals surface area contributed by atoms with E-state index in [1.54, 1.807) is 13.0 Å². The minimum absolute atomic E-state index is 0.00908. The van der Waals surface area contributed by atoms with Gasteiger partial charge >= 0.3 is 0 Å². The number of carbonyl (C=O) groups excluding carboxylic acids is 1. The molecule has 2 aromatic rings. The molecule has 0 aliphatic rings. The highest BCUT2D eigenvalue weighted by Crippen LogP contribution is 2.23. The summed E-state index contributed by atoms with van der Waals surface area (Å²) in [4.78, 5) is 12.4. The van der Waals surface area contributed by atoms with Crippen LogP contribution in [-0.4, -0.2) is 22.3 Å². The first kappa shape index (κ1) is 17.0. The van der Waals surface area contributed by atoms with Crippen molar-refractivity contribution in [1.29, 1.82) is 0 Å². The van der Waals surface area contributed by atoms with Crippen molar-refractivity contribution < 1.29 is 13.9 Å². The lowest BCUT2D eigenvalue weighted by Gasteiger charge is -2.11. The fraction of sp³-hybridized carbons (Fsp3) is 0.412. The van der Waals surface area contributed by atoms with Crippen LogP contribution < -0.4 is 10.1 Å². The number of nitrogens with one attached hydrogen (secondary N) is 1. The lowest BCUT2D eigenvalue weighted by atomic mass is 10.1. The third kappa shape index (κ3) is 3.52. The van der Waals surface area contributed by atoms with Crippen LogP contribution in [0, 0.1) is 19.7 Å². The van der Waals surface area contributed by atoms with Gasteiger partial charge < -0.3 is 10.1 Å². The Morgan fingerprint density at radius 1 is 1.35 bits per heavy atom. The van der Waals surface area contributed by atoms with E-state index in [4.69, 9.17) is 4.74 Å². The van der Waals surface area contributed by atoms with Crippen LogP contribution in [-0.2, 0) is 13.1 Å². The van der Waals surface area contributed by atoms with Gasteiger partial charge in [-0.25, -0.2) is 4.39 Å². The van der Waals surface area contributed by atoms with E-state index in [0.29, 0.717) is 13.2 Å². The van der Waals surface area contributed by atoms with Gasteiger partial charge in [0.15, 0.2) is 11.6 Å². The molecule has 0 radical (unpaired) electrons. The molecule has 0 aliphatic carbocycles. The van der Waals surface area contributed by atoms with Crippen LogP contribution in [0.5, 0.6) is 5.75 Å². The molecule has 1 amide bonds. The Kier molecular flexibility index (Phi) is 5.36. The highest BCUT2D eigenvalue weighted by molar-refractivity contribution is 5.96. The second-order valence-corrected chi connectivity index (χ2v) is 5.20. The molecule has 124 valence electrons. The van der Waals surface area contributed by atoms with Crippen molar-refractivity contribution in [1.82, 2.24) is 15.1 Å². The summed E-state index contributed by atoms with van der Waals surface area (Å²) in [5.74, 6) is -0.910. The van der Waals surface area contributed by atoms with Gasteiger partial charge in [0.2, 0.25) is 0 Å². The van der Waals surface area contributed by atoms with Crippen LogP contribution in [0.4, 0.5) is 4.39 Å². The first-order chi connectivity index (χ1) is 11.0. The van der Waals surface area contributed by atoms with E-state index >= 15 is 0 Å². The Morgan fingerprint density at radius 2 is 2.09 bits per heavy atom. The number of hydrogen-bond acceptors (Lipinski definition) is 3. The summed E-state index contributed by atoms with van der Waals surface area (Å²) in [6, 6.07) is 4.33. The molecular formula is C17H22FN3O2. The summed E-state index contributed by atoms with van der Waals surface area (Å²) in [6.07, 6.45) is 0. The molecule has 0 aliphatic heterocycles. The number of benzene rings is 1. The highest BCUT2D eigenvalue weighted by Gasteiger charge is 2.17. The van der Waals surface area contributed by atoms with E-state index in [9.17, 15) is 9.18 Å². The summed E-state index contributed by atoms with van der Waals surface area (Å²) >= 11 is 0. The molecule has 23 heavy (non-hydrogen) atoms. The van der Waals surface area contributed by atoms with Gasteiger partial charge in [-0.3, -0.25) is 9.48 Å². The van der Waals surface area contributed by atoms with Crippen LogP contribution in [0.25, 0.3) is 0 Å². The molecule has 1 aromatic heterocycles. The van der Waals surface area contributed by atoms with E-state index in [1.165, 1.54) is 12.1 Å². The van der Waals surface area contributed by atoms with Crippen LogP contribution in [0.1, 0.15) is 41.2 Å². The van der Waals surface area contributed by atoms with Gasteiger partial charge in [0, 0.05) is 24.3 Å².